The van der Waals surface area contributed by atoms with Crippen LogP contribution in [0, 0.1) is 0 Å². The fraction of sp³-hybridized carbons (Fsp3) is 0.133. The first-order valence-electron chi connectivity index (χ1n) is 6.58. The van der Waals surface area contributed by atoms with E-state index in [-0.39, 0.29) is 5.91 Å². The Balaban J connectivity index is 1.53. The second kappa shape index (κ2) is 6.32. The highest BCUT2D eigenvalue weighted by atomic mass is 32.1. The van der Waals surface area contributed by atoms with Crippen LogP contribution < -0.4 is 5.32 Å². The van der Waals surface area contributed by atoms with Crippen molar-refractivity contribution in [1.29, 1.82) is 0 Å². The fourth-order valence-electron chi connectivity index (χ4n) is 1.93. The number of carbonyl (C=O) groups excluding carboxylic acids is 1. The molecule has 0 atom stereocenters. The first kappa shape index (κ1) is 13.5. The molecule has 5 nitrogen and oxygen atoms in total. The van der Waals surface area contributed by atoms with Crippen LogP contribution in [0.4, 0.5) is 0 Å². The van der Waals surface area contributed by atoms with Crippen molar-refractivity contribution in [3.05, 3.63) is 59.9 Å². The van der Waals surface area contributed by atoms with Gasteiger partial charge in [0.1, 0.15) is 5.69 Å². The molecule has 21 heavy (non-hydrogen) atoms. The smallest absolute Gasteiger partial charge is 0.252 e. The highest BCUT2D eigenvalue weighted by Crippen LogP contribution is 2.22. The quantitative estimate of drug-likeness (QED) is 0.787. The van der Waals surface area contributed by atoms with E-state index >= 15 is 0 Å². The lowest BCUT2D eigenvalue weighted by atomic mass is 10.3. The Hall–Kier alpha value is -2.47. The van der Waals surface area contributed by atoms with Crippen LogP contribution in [0.3, 0.4) is 0 Å². The molecule has 0 aromatic carbocycles. The number of hydrogen-bond acceptors (Lipinski definition) is 4. The van der Waals surface area contributed by atoms with Crippen molar-refractivity contribution in [1.82, 2.24) is 20.1 Å². The van der Waals surface area contributed by atoms with Crippen LogP contribution >= 0.6 is 11.3 Å². The standard InChI is InChI=1S/C15H14N4OS/c20-15(12-3-1-6-16-11-12)17-7-9-19-8-5-13(18-19)14-4-2-10-21-14/h1-6,8,10-11H,7,9H2,(H,17,20). The van der Waals surface area contributed by atoms with Crippen LogP contribution in [0.5, 0.6) is 0 Å². The van der Waals surface area contributed by atoms with Crippen molar-refractivity contribution in [3.63, 3.8) is 0 Å². The zero-order valence-corrected chi connectivity index (χ0v) is 12.1. The van der Waals surface area contributed by atoms with Gasteiger partial charge in [-0.1, -0.05) is 6.07 Å². The van der Waals surface area contributed by atoms with Gasteiger partial charge in [0, 0.05) is 25.1 Å². The summed E-state index contributed by atoms with van der Waals surface area (Å²) >= 11 is 1.66. The van der Waals surface area contributed by atoms with Crippen LogP contribution in [-0.4, -0.2) is 27.2 Å². The van der Waals surface area contributed by atoms with Gasteiger partial charge in [0.15, 0.2) is 0 Å². The van der Waals surface area contributed by atoms with Crippen LogP contribution in [0.2, 0.25) is 0 Å². The van der Waals surface area contributed by atoms with Gasteiger partial charge in [0.05, 0.1) is 17.0 Å². The molecule has 1 amide bonds. The van der Waals surface area contributed by atoms with E-state index in [0.717, 1.165) is 10.6 Å². The summed E-state index contributed by atoms with van der Waals surface area (Å²) in [6.45, 7) is 1.16. The number of hydrogen-bond donors (Lipinski definition) is 1. The maximum Gasteiger partial charge on any atom is 0.252 e. The van der Waals surface area contributed by atoms with E-state index in [2.05, 4.69) is 15.4 Å². The topological polar surface area (TPSA) is 59.8 Å². The number of nitrogens with zero attached hydrogens (tertiary/aromatic N) is 3. The summed E-state index contributed by atoms with van der Waals surface area (Å²) in [7, 11) is 0. The summed E-state index contributed by atoms with van der Waals surface area (Å²) in [6, 6.07) is 9.52. The van der Waals surface area contributed by atoms with Gasteiger partial charge in [-0.2, -0.15) is 5.10 Å². The third kappa shape index (κ3) is 3.35. The molecule has 106 valence electrons. The Bertz CT molecular complexity index is 706. The van der Waals surface area contributed by atoms with E-state index < -0.39 is 0 Å². The highest BCUT2D eigenvalue weighted by Gasteiger charge is 2.05. The van der Waals surface area contributed by atoms with E-state index in [1.165, 1.54) is 0 Å². The number of thiophene rings is 1. The van der Waals surface area contributed by atoms with E-state index in [9.17, 15) is 4.79 Å². The molecule has 0 bridgehead atoms. The second-order valence-electron chi connectivity index (χ2n) is 4.44. The average Bonchev–Trinajstić information content (AvgIpc) is 3.19. The molecule has 0 aliphatic carbocycles. The number of nitrogens with one attached hydrogen (secondary N) is 1. The SMILES string of the molecule is O=C(NCCn1ccc(-c2cccs2)n1)c1cccnc1. The highest BCUT2D eigenvalue weighted by molar-refractivity contribution is 7.13. The molecule has 3 aromatic rings. The second-order valence-corrected chi connectivity index (χ2v) is 5.39. The van der Waals surface area contributed by atoms with Gasteiger partial charge in [0.2, 0.25) is 0 Å². The molecule has 0 radical (unpaired) electrons. The summed E-state index contributed by atoms with van der Waals surface area (Å²) in [6.07, 6.45) is 5.12. The Morgan fingerprint density at radius 3 is 3.00 bits per heavy atom. The number of amides is 1. The van der Waals surface area contributed by atoms with Gasteiger partial charge in [-0.3, -0.25) is 14.5 Å². The number of rotatable bonds is 5. The Labute approximate surface area is 126 Å². The van der Waals surface area contributed by atoms with Crippen molar-refractivity contribution in [2.24, 2.45) is 0 Å². The van der Waals surface area contributed by atoms with Crippen molar-refractivity contribution in [2.45, 2.75) is 6.54 Å². The molecule has 0 aliphatic heterocycles. The number of carbonyl (C=O) groups is 1. The van der Waals surface area contributed by atoms with Crippen LogP contribution in [-0.2, 0) is 6.54 Å². The van der Waals surface area contributed by atoms with E-state index in [0.29, 0.717) is 18.7 Å². The minimum absolute atomic E-state index is 0.117. The summed E-state index contributed by atoms with van der Waals surface area (Å²) in [5.41, 5.74) is 1.53. The minimum atomic E-state index is -0.117. The molecule has 1 N–H and O–H groups in total. The van der Waals surface area contributed by atoms with Gasteiger partial charge in [0.25, 0.3) is 5.91 Å². The van der Waals surface area contributed by atoms with E-state index in [1.807, 2.05) is 34.5 Å². The summed E-state index contributed by atoms with van der Waals surface area (Å²) in [5.74, 6) is -0.117. The fourth-order valence-corrected chi connectivity index (χ4v) is 2.62. The molecule has 3 heterocycles. The lowest BCUT2D eigenvalue weighted by Crippen LogP contribution is -2.27. The first-order chi connectivity index (χ1) is 10.3. The zero-order valence-electron chi connectivity index (χ0n) is 11.3. The van der Waals surface area contributed by atoms with Crippen molar-refractivity contribution < 1.29 is 4.79 Å². The summed E-state index contributed by atoms with van der Waals surface area (Å²) in [4.78, 5) is 16.9. The Kier molecular flexibility index (Phi) is 4.07. The van der Waals surface area contributed by atoms with Gasteiger partial charge in [-0.25, -0.2) is 0 Å². The Morgan fingerprint density at radius 2 is 2.24 bits per heavy atom. The molecule has 6 heteroatoms. The molecular weight excluding hydrogens is 284 g/mol. The number of pyridine rings is 1. The lowest BCUT2D eigenvalue weighted by molar-refractivity contribution is 0.0951. The Morgan fingerprint density at radius 1 is 1.29 bits per heavy atom. The first-order valence-corrected chi connectivity index (χ1v) is 7.46. The molecule has 0 aliphatic rings. The third-order valence-electron chi connectivity index (χ3n) is 2.96. The van der Waals surface area contributed by atoms with Crippen molar-refractivity contribution in [3.8, 4) is 10.6 Å². The molecule has 0 spiro atoms. The molecule has 0 saturated heterocycles. The van der Waals surface area contributed by atoms with Crippen molar-refractivity contribution >= 4 is 17.2 Å². The van der Waals surface area contributed by atoms with Gasteiger partial charge < -0.3 is 5.32 Å². The summed E-state index contributed by atoms with van der Waals surface area (Å²) < 4.78 is 1.83. The van der Waals surface area contributed by atoms with Gasteiger partial charge >= 0.3 is 0 Å². The maximum atomic E-state index is 11.8. The van der Waals surface area contributed by atoms with Crippen molar-refractivity contribution in [2.75, 3.05) is 6.54 Å². The zero-order chi connectivity index (χ0) is 14.5. The summed E-state index contributed by atoms with van der Waals surface area (Å²) in [5, 5.41) is 9.37. The molecule has 0 unspecified atom stereocenters. The normalized spacial score (nSPS) is 10.5. The third-order valence-corrected chi connectivity index (χ3v) is 3.86. The largest absolute Gasteiger partial charge is 0.350 e. The molecular formula is C15H14N4OS. The van der Waals surface area contributed by atoms with Gasteiger partial charge in [-0.05, 0) is 29.6 Å². The average molecular weight is 298 g/mol. The van der Waals surface area contributed by atoms with E-state index in [4.69, 9.17) is 0 Å². The van der Waals surface area contributed by atoms with Crippen LogP contribution in [0.15, 0.2) is 54.3 Å². The molecule has 3 rings (SSSR count). The van der Waals surface area contributed by atoms with E-state index in [1.54, 1.807) is 35.9 Å². The molecule has 0 saturated carbocycles. The number of aromatic nitrogens is 3. The maximum absolute atomic E-state index is 11.8. The lowest BCUT2D eigenvalue weighted by Gasteiger charge is -2.05. The van der Waals surface area contributed by atoms with Crippen LogP contribution in [0.25, 0.3) is 10.6 Å². The van der Waals surface area contributed by atoms with Gasteiger partial charge in [-0.15, -0.1) is 11.3 Å². The predicted octanol–water partition coefficient (Wildman–Crippen LogP) is 2.44. The molecule has 0 fully saturated rings. The minimum Gasteiger partial charge on any atom is -0.350 e. The molecule has 3 aromatic heterocycles. The predicted molar refractivity (Wildman–Crippen MR) is 82.1 cm³/mol. The monoisotopic (exact) mass is 298 g/mol. The van der Waals surface area contributed by atoms with Crippen LogP contribution in [0.1, 0.15) is 10.4 Å².